The fraction of sp³-hybridized carbons (Fsp3) is 0.357. The minimum atomic E-state index is -0.800. The number of anilines is 1. The van der Waals surface area contributed by atoms with Crippen molar-refractivity contribution in [3.63, 3.8) is 0 Å². The number of carboxylic acids is 1. The third-order valence-corrected chi connectivity index (χ3v) is 4.01. The molecule has 6 nitrogen and oxygen atoms in total. The highest BCUT2D eigenvalue weighted by Gasteiger charge is 2.28. The van der Waals surface area contributed by atoms with Gasteiger partial charge in [-0.05, 0) is 31.0 Å². The summed E-state index contributed by atoms with van der Waals surface area (Å²) in [4.78, 5) is 17.2. The molecule has 1 unspecified atom stereocenters. The average Bonchev–Trinajstić information content (AvgIpc) is 2.96. The molecule has 0 radical (unpaired) electrons. The third-order valence-electron chi connectivity index (χ3n) is 3.58. The number of hydrogen-bond acceptors (Lipinski definition) is 5. The van der Waals surface area contributed by atoms with E-state index in [1.165, 1.54) is 0 Å². The lowest BCUT2D eigenvalue weighted by atomic mass is 9.99. The van der Waals surface area contributed by atoms with Crippen LogP contribution in [-0.2, 0) is 4.79 Å². The fourth-order valence-electron chi connectivity index (χ4n) is 2.50. The molecule has 0 spiro atoms. The first-order chi connectivity index (χ1) is 10.5. The van der Waals surface area contributed by atoms with E-state index in [2.05, 4.69) is 10.1 Å². The summed E-state index contributed by atoms with van der Waals surface area (Å²) in [5.41, 5.74) is 0.652. The van der Waals surface area contributed by atoms with Crippen LogP contribution in [0.3, 0.4) is 0 Å². The highest BCUT2D eigenvalue weighted by atomic mass is 35.5. The molecule has 0 aliphatic carbocycles. The summed E-state index contributed by atoms with van der Waals surface area (Å²) in [6.07, 6.45) is 1.44. The second kappa shape index (κ2) is 6.14. The normalized spacial score (nSPS) is 18.5. The van der Waals surface area contributed by atoms with Crippen LogP contribution in [0.15, 0.2) is 22.7 Å². The van der Waals surface area contributed by atoms with Crippen molar-refractivity contribution < 1.29 is 14.4 Å². The number of hydrogen-bond donors (Lipinski definition) is 1. The van der Waals surface area contributed by atoms with Crippen LogP contribution in [0.2, 0.25) is 10.0 Å². The predicted octanol–water partition coefficient (Wildman–Crippen LogP) is 3.34. The maximum atomic E-state index is 11.1. The number of benzene rings is 1. The zero-order valence-electron chi connectivity index (χ0n) is 11.5. The van der Waals surface area contributed by atoms with Crippen LogP contribution in [-0.4, -0.2) is 34.3 Å². The Hall–Kier alpha value is -1.79. The number of piperidine rings is 1. The van der Waals surface area contributed by atoms with Gasteiger partial charge in [-0.2, -0.15) is 4.98 Å². The third kappa shape index (κ3) is 3.18. The van der Waals surface area contributed by atoms with Gasteiger partial charge in [-0.15, -0.1) is 0 Å². The van der Waals surface area contributed by atoms with Crippen LogP contribution in [0.5, 0.6) is 0 Å². The van der Waals surface area contributed by atoms with Gasteiger partial charge in [0, 0.05) is 28.7 Å². The molecule has 1 saturated heterocycles. The number of carboxylic acid groups (broad SMARTS) is 1. The Morgan fingerprint density at radius 2 is 2.05 bits per heavy atom. The number of carbonyl (C=O) groups is 1. The summed E-state index contributed by atoms with van der Waals surface area (Å²) >= 11 is 11.9. The Morgan fingerprint density at radius 1 is 1.32 bits per heavy atom. The monoisotopic (exact) mass is 341 g/mol. The van der Waals surface area contributed by atoms with Gasteiger partial charge >= 0.3 is 12.0 Å². The standard InChI is InChI=1S/C14H13Cl2N3O3/c15-10-4-9(5-11(16)6-10)12-17-14(22-18-12)19-3-1-2-8(7-19)13(20)21/h4-6,8H,1-3,7H2,(H,20,21). The topological polar surface area (TPSA) is 79.5 Å². The molecule has 0 bridgehead atoms. The molecule has 1 fully saturated rings. The first-order valence-corrected chi connectivity index (χ1v) is 7.56. The molecule has 1 aromatic heterocycles. The fourth-order valence-corrected chi connectivity index (χ4v) is 3.02. The summed E-state index contributed by atoms with van der Waals surface area (Å²) in [7, 11) is 0. The maximum Gasteiger partial charge on any atom is 0.324 e. The Balaban J connectivity index is 1.82. The Morgan fingerprint density at radius 3 is 2.73 bits per heavy atom. The first-order valence-electron chi connectivity index (χ1n) is 6.81. The van der Waals surface area contributed by atoms with Crippen LogP contribution in [0, 0.1) is 5.92 Å². The summed E-state index contributed by atoms with van der Waals surface area (Å²) in [6.45, 7) is 1.06. The van der Waals surface area contributed by atoms with Crippen molar-refractivity contribution in [2.45, 2.75) is 12.8 Å². The molecular weight excluding hydrogens is 329 g/mol. The molecule has 1 aliphatic heterocycles. The van der Waals surface area contributed by atoms with E-state index >= 15 is 0 Å². The zero-order valence-corrected chi connectivity index (χ0v) is 13.0. The van der Waals surface area contributed by atoms with E-state index in [1.807, 2.05) is 0 Å². The number of nitrogens with zero attached hydrogens (tertiary/aromatic N) is 3. The van der Waals surface area contributed by atoms with E-state index in [1.54, 1.807) is 23.1 Å². The molecule has 1 atom stereocenters. The van der Waals surface area contributed by atoms with Crippen molar-refractivity contribution in [3.8, 4) is 11.4 Å². The van der Waals surface area contributed by atoms with E-state index in [0.717, 1.165) is 6.42 Å². The van der Waals surface area contributed by atoms with E-state index in [4.69, 9.17) is 32.8 Å². The van der Waals surface area contributed by atoms with E-state index in [9.17, 15) is 4.79 Å². The summed E-state index contributed by atoms with van der Waals surface area (Å²) < 4.78 is 5.25. The molecule has 1 N–H and O–H groups in total. The summed E-state index contributed by atoms with van der Waals surface area (Å²) in [6, 6.07) is 5.32. The van der Waals surface area contributed by atoms with Crippen LogP contribution in [0.1, 0.15) is 12.8 Å². The first kappa shape index (κ1) is 15.1. The van der Waals surface area contributed by atoms with Gasteiger partial charge in [0.25, 0.3) is 0 Å². The van der Waals surface area contributed by atoms with Crippen LogP contribution in [0.25, 0.3) is 11.4 Å². The van der Waals surface area contributed by atoms with Crippen LogP contribution < -0.4 is 4.90 Å². The molecule has 0 amide bonds. The molecule has 3 rings (SSSR count). The second-order valence-corrected chi connectivity index (χ2v) is 6.05. The largest absolute Gasteiger partial charge is 0.481 e. The lowest BCUT2D eigenvalue weighted by molar-refractivity contribution is -0.141. The number of aliphatic carboxylic acids is 1. The van der Waals surface area contributed by atoms with Crippen molar-refractivity contribution in [1.82, 2.24) is 10.1 Å². The van der Waals surface area contributed by atoms with Gasteiger partial charge < -0.3 is 14.5 Å². The van der Waals surface area contributed by atoms with Crippen molar-refractivity contribution in [3.05, 3.63) is 28.2 Å². The van der Waals surface area contributed by atoms with Crippen LogP contribution in [0.4, 0.5) is 6.01 Å². The van der Waals surface area contributed by atoms with E-state index in [0.29, 0.717) is 47.0 Å². The predicted molar refractivity (Wildman–Crippen MR) is 82.3 cm³/mol. The molecule has 116 valence electrons. The van der Waals surface area contributed by atoms with Gasteiger partial charge in [-0.25, -0.2) is 0 Å². The Kier molecular flexibility index (Phi) is 4.22. The minimum Gasteiger partial charge on any atom is -0.481 e. The lowest BCUT2D eigenvalue weighted by Gasteiger charge is -2.28. The second-order valence-electron chi connectivity index (χ2n) is 5.18. The van der Waals surface area contributed by atoms with Gasteiger partial charge in [0.2, 0.25) is 5.82 Å². The lowest BCUT2D eigenvalue weighted by Crippen LogP contribution is -2.38. The van der Waals surface area contributed by atoms with Gasteiger partial charge in [0.05, 0.1) is 5.92 Å². The molecule has 0 saturated carbocycles. The molecule has 1 aliphatic rings. The maximum absolute atomic E-state index is 11.1. The van der Waals surface area contributed by atoms with Gasteiger partial charge in [-0.3, -0.25) is 4.79 Å². The summed E-state index contributed by atoms with van der Waals surface area (Å²) in [5.74, 6) is -0.840. The molecule has 22 heavy (non-hydrogen) atoms. The van der Waals surface area contributed by atoms with E-state index in [-0.39, 0.29) is 0 Å². The van der Waals surface area contributed by atoms with Crippen molar-refractivity contribution in [1.29, 1.82) is 0 Å². The Bertz CT molecular complexity index is 684. The van der Waals surface area contributed by atoms with Crippen molar-refractivity contribution in [2.24, 2.45) is 5.92 Å². The van der Waals surface area contributed by atoms with Gasteiger partial charge in [-0.1, -0.05) is 28.4 Å². The molecule has 2 aromatic rings. The number of halogens is 2. The van der Waals surface area contributed by atoms with Crippen molar-refractivity contribution >= 4 is 35.2 Å². The number of aromatic nitrogens is 2. The smallest absolute Gasteiger partial charge is 0.324 e. The molecule has 8 heteroatoms. The van der Waals surface area contributed by atoms with E-state index < -0.39 is 11.9 Å². The van der Waals surface area contributed by atoms with Gasteiger partial charge in [0.1, 0.15) is 0 Å². The quantitative estimate of drug-likeness (QED) is 0.922. The highest BCUT2D eigenvalue weighted by molar-refractivity contribution is 6.35. The minimum absolute atomic E-state index is 0.317. The SMILES string of the molecule is O=C(O)C1CCCN(c2nc(-c3cc(Cl)cc(Cl)c3)no2)C1. The number of rotatable bonds is 3. The van der Waals surface area contributed by atoms with Gasteiger partial charge in [0.15, 0.2) is 0 Å². The Labute approximate surface area is 136 Å². The zero-order chi connectivity index (χ0) is 15.7. The average molecular weight is 342 g/mol. The van der Waals surface area contributed by atoms with Crippen LogP contribution >= 0.6 is 23.2 Å². The highest BCUT2D eigenvalue weighted by Crippen LogP contribution is 2.28. The van der Waals surface area contributed by atoms with Crippen molar-refractivity contribution in [2.75, 3.05) is 18.0 Å². The molecular formula is C14H13Cl2N3O3. The molecule has 1 aromatic carbocycles. The summed E-state index contributed by atoms with van der Waals surface area (Å²) in [5, 5.41) is 14.0. The molecule has 2 heterocycles.